The highest BCUT2D eigenvalue weighted by Crippen LogP contribution is 2.51. The van der Waals surface area contributed by atoms with Crippen molar-refractivity contribution in [1.82, 2.24) is 9.71 Å². The summed E-state index contributed by atoms with van der Waals surface area (Å²) in [6.45, 7) is 7.53. The summed E-state index contributed by atoms with van der Waals surface area (Å²) in [5.41, 5.74) is 0.157. The van der Waals surface area contributed by atoms with Crippen molar-refractivity contribution >= 4 is 15.8 Å². The average Bonchev–Trinajstić information content (AvgIpc) is 3.19. The van der Waals surface area contributed by atoms with Gasteiger partial charge in [0.15, 0.2) is 0 Å². The lowest BCUT2D eigenvalue weighted by molar-refractivity contribution is 0.357. The molecule has 112 valence electrons. The Labute approximate surface area is 121 Å². The molecule has 6 heteroatoms. The molecule has 1 aromatic heterocycles. The molecule has 0 aromatic carbocycles. The van der Waals surface area contributed by atoms with Crippen molar-refractivity contribution < 1.29 is 8.42 Å². The maximum atomic E-state index is 12.2. The molecule has 1 aliphatic carbocycles. The van der Waals surface area contributed by atoms with Crippen LogP contribution in [-0.4, -0.2) is 26.5 Å². The van der Waals surface area contributed by atoms with Crippen molar-refractivity contribution in [2.24, 2.45) is 11.3 Å². The maximum absolute atomic E-state index is 12.2. The number of nitrogens with zero attached hydrogens (tertiary/aromatic N) is 1. The molecular weight excluding hydrogens is 274 g/mol. The number of pyridine rings is 1. The van der Waals surface area contributed by atoms with E-state index in [-0.39, 0.29) is 10.3 Å². The van der Waals surface area contributed by atoms with Crippen LogP contribution in [-0.2, 0) is 10.0 Å². The lowest BCUT2D eigenvalue weighted by atomic mass is 9.93. The molecule has 2 rings (SSSR count). The molecule has 0 aliphatic heterocycles. The van der Waals surface area contributed by atoms with Crippen LogP contribution in [0.4, 0.5) is 5.82 Å². The van der Waals surface area contributed by atoms with Gasteiger partial charge in [0.25, 0.3) is 0 Å². The highest BCUT2D eigenvalue weighted by molar-refractivity contribution is 7.89. The van der Waals surface area contributed by atoms with Gasteiger partial charge in [0, 0.05) is 19.3 Å². The predicted octanol–water partition coefficient (Wildman–Crippen LogP) is 2.23. The van der Waals surface area contributed by atoms with Crippen LogP contribution in [0.5, 0.6) is 0 Å². The van der Waals surface area contributed by atoms with Gasteiger partial charge >= 0.3 is 0 Å². The quantitative estimate of drug-likeness (QED) is 0.809. The first-order valence-electron chi connectivity index (χ1n) is 7.09. The molecule has 0 radical (unpaired) electrons. The van der Waals surface area contributed by atoms with E-state index < -0.39 is 10.0 Å². The van der Waals surface area contributed by atoms with Crippen LogP contribution in [0.25, 0.3) is 0 Å². The number of hydrogen-bond acceptors (Lipinski definition) is 4. The number of aromatic nitrogens is 1. The molecule has 0 amide bonds. The maximum Gasteiger partial charge on any atom is 0.242 e. The molecule has 1 fully saturated rings. The van der Waals surface area contributed by atoms with Gasteiger partial charge in [-0.1, -0.05) is 13.8 Å². The van der Waals surface area contributed by atoms with Gasteiger partial charge in [-0.15, -0.1) is 0 Å². The Morgan fingerprint density at radius 2 is 2.05 bits per heavy atom. The Bertz CT molecular complexity index is 548. The number of anilines is 1. The molecule has 0 unspecified atom stereocenters. The van der Waals surface area contributed by atoms with Crippen LogP contribution in [0.2, 0.25) is 0 Å². The van der Waals surface area contributed by atoms with Crippen LogP contribution < -0.4 is 10.0 Å². The van der Waals surface area contributed by atoms with E-state index >= 15 is 0 Å². The summed E-state index contributed by atoms with van der Waals surface area (Å²) in [4.78, 5) is 4.32. The van der Waals surface area contributed by atoms with E-state index in [1.165, 1.54) is 6.20 Å². The van der Waals surface area contributed by atoms with Crippen LogP contribution in [0.3, 0.4) is 0 Å². The third-order valence-corrected chi connectivity index (χ3v) is 5.52. The molecule has 1 saturated carbocycles. The van der Waals surface area contributed by atoms with E-state index in [1.807, 2.05) is 6.92 Å². The first-order chi connectivity index (χ1) is 9.39. The number of hydrogen-bond donors (Lipinski definition) is 2. The van der Waals surface area contributed by atoms with Crippen molar-refractivity contribution in [3.8, 4) is 0 Å². The highest BCUT2D eigenvalue weighted by atomic mass is 32.2. The fourth-order valence-electron chi connectivity index (χ4n) is 2.27. The normalized spacial score (nSPS) is 17.2. The molecule has 0 atom stereocenters. The molecule has 1 aromatic rings. The van der Waals surface area contributed by atoms with Gasteiger partial charge in [0.2, 0.25) is 10.0 Å². The van der Waals surface area contributed by atoms with E-state index in [9.17, 15) is 8.42 Å². The van der Waals surface area contributed by atoms with E-state index in [0.29, 0.717) is 18.3 Å². The summed E-state index contributed by atoms with van der Waals surface area (Å²) in [5, 5.41) is 3.04. The smallest absolute Gasteiger partial charge is 0.242 e. The van der Waals surface area contributed by atoms with Crippen molar-refractivity contribution in [3.05, 3.63) is 18.3 Å². The molecule has 0 bridgehead atoms. The van der Waals surface area contributed by atoms with Crippen LogP contribution in [0.15, 0.2) is 23.2 Å². The molecule has 20 heavy (non-hydrogen) atoms. The predicted molar refractivity (Wildman–Crippen MR) is 80.1 cm³/mol. The molecule has 1 aliphatic rings. The fourth-order valence-corrected chi connectivity index (χ4v) is 3.35. The molecule has 1 heterocycles. The van der Waals surface area contributed by atoms with E-state index in [4.69, 9.17) is 0 Å². The Morgan fingerprint density at radius 3 is 2.50 bits per heavy atom. The molecule has 5 nitrogen and oxygen atoms in total. The lowest BCUT2D eigenvalue weighted by Gasteiger charge is -2.20. The Hall–Kier alpha value is -1.14. The second kappa shape index (κ2) is 5.69. The standard InChI is InChI=1S/C14H23N3O2S/c1-4-15-13-6-5-12(9-16-13)20(18,19)17-10-14(7-8-14)11(2)3/h5-6,9,11,17H,4,7-8,10H2,1-3H3,(H,15,16). The minimum Gasteiger partial charge on any atom is -0.370 e. The monoisotopic (exact) mass is 297 g/mol. The Morgan fingerprint density at radius 1 is 1.35 bits per heavy atom. The summed E-state index contributed by atoms with van der Waals surface area (Å²) in [6, 6.07) is 3.27. The van der Waals surface area contributed by atoms with Gasteiger partial charge in [-0.3, -0.25) is 0 Å². The first-order valence-corrected chi connectivity index (χ1v) is 8.57. The number of nitrogens with one attached hydrogen (secondary N) is 2. The van der Waals surface area contributed by atoms with Gasteiger partial charge < -0.3 is 5.32 Å². The molecular formula is C14H23N3O2S. The topological polar surface area (TPSA) is 71.1 Å². The van der Waals surface area contributed by atoms with Gasteiger partial charge in [-0.05, 0) is 43.2 Å². The largest absolute Gasteiger partial charge is 0.370 e. The van der Waals surface area contributed by atoms with Crippen LogP contribution >= 0.6 is 0 Å². The summed E-state index contributed by atoms with van der Waals surface area (Å²) in [5.74, 6) is 1.19. The highest BCUT2D eigenvalue weighted by Gasteiger charge is 2.45. The summed E-state index contributed by atoms with van der Waals surface area (Å²) < 4.78 is 27.2. The lowest BCUT2D eigenvalue weighted by Crippen LogP contribution is -2.32. The van der Waals surface area contributed by atoms with E-state index in [0.717, 1.165) is 19.4 Å². The van der Waals surface area contributed by atoms with Gasteiger partial charge in [-0.2, -0.15) is 0 Å². The zero-order valence-electron chi connectivity index (χ0n) is 12.3. The Kier molecular flexibility index (Phi) is 4.34. The Balaban J connectivity index is 2.03. The van der Waals surface area contributed by atoms with Gasteiger partial charge in [-0.25, -0.2) is 18.1 Å². The minimum absolute atomic E-state index is 0.157. The second-order valence-corrected chi connectivity index (χ2v) is 7.52. The number of sulfonamides is 1. The van der Waals surface area contributed by atoms with Crippen molar-refractivity contribution in [2.45, 2.75) is 38.5 Å². The third-order valence-electron chi connectivity index (χ3n) is 4.14. The summed E-state index contributed by atoms with van der Waals surface area (Å²) in [6.07, 6.45) is 3.60. The van der Waals surface area contributed by atoms with Crippen LogP contribution in [0, 0.1) is 11.3 Å². The van der Waals surface area contributed by atoms with Crippen molar-refractivity contribution in [3.63, 3.8) is 0 Å². The van der Waals surface area contributed by atoms with E-state index in [2.05, 4.69) is 28.9 Å². The van der Waals surface area contributed by atoms with Gasteiger partial charge in [0.1, 0.15) is 10.7 Å². The zero-order valence-corrected chi connectivity index (χ0v) is 13.1. The molecule has 0 spiro atoms. The third kappa shape index (κ3) is 3.30. The first kappa shape index (κ1) is 15.3. The van der Waals surface area contributed by atoms with Gasteiger partial charge in [0.05, 0.1) is 0 Å². The number of rotatable bonds is 7. The van der Waals surface area contributed by atoms with Crippen LogP contribution in [0.1, 0.15) is 33.6 Å². The summed E-state index contributed by atoms with van der Waals surface area (Å²) in [7, 11) is -3.46. The fraction of sp³-hybridized carbons (Fsp3) is 0.643. The van der Waals surface area contributed by atoms with Crippen molar-refractivity contribution in [1.29, 1.82) is 0 Å². The molecule has 0 saturated heterocycles. The molecule has 2 N–H and O–H groups in total. The zero-order chi connectivity index (χ0) is 14.8. The SMILES string of the molecule is CCNc1ccc(S(=O)(=O)NCC2(C(C)C)CC2)cn1. The van der Waals surface area contributed by atoms with E-state index in [1.54, 1.807) is 12.1 Å². The minimum atomic E-state index is -3.46. The summed E-state index contributed by atoms with van der Waals surface area (Å²) >= 11 is 0. The van der Waals surface area contributed by atoms with Crippen molar-refractivity contribution in [2.75, 3.05) is 18.4 Å². The average molecular weight is 297 g/mol. The second-order valence-electron chi connectivity index (χ2n) is 5.75.